The number of likely N-dealkylation sites (tertiary alicyclic amines) is 1. The fourth-order valence-corrected chi connectivity index (χ4v) is 4.23. The topological polar surface area (TPSA) is 81.2 Å². The number of nitrogens with zero attached hydrogens (tertiary/aromatic N) is 4. The number of oxazole rings is 1. The van der Waals surface area contributed by atoms with Gasteiger partial charge < -0.3 is 9.32 Å². The van der Waals surface area contributed by atoms with Gasteiger partial charge in [0.05, 0.1) is 12.1 Å². The second-order valence-electron chi connectivity index (χ2n) is 8.02. The number of carbonyl (C=O) groups excluding carboxylic acids is 1. The standard InChI is InChI=1S/C23H25ClN4O3/c1-15-10-16(2)28(23(30)26-15)14-21(29)27-9-5-7-18(13-27)22-25-12-19(31-22)11-17-6-3-4-8-20(17)24/h3-4,6,8,10,12,18H,5,7,9,11,13-14H2,1-2H3/t18-/m1/s1. The summed E-state index contributed by atoms with van der Waals surface area (Å²) < 4.78 is 7.43. The summed E-state index contributed by atoms with van der Waals surface area (Å²) >= 11 is 6.25. The molecule has 0 N–H and O–H groups in total. The third kappa shape index (κ3) is 4.88. The van der Waals surface area contributed by atoms with Crippen LogP contribution in [0.25, 0.3) is 0 Å². The van der Waals surface area contributed by atoms with Crippen molar-refractivity contribution in [2.75, 3.05) is 13.1 Å². The van der Waals surface area contributed by atoms with E-state index < -0.39 is 5.69 Å². The highest BCUT2D eigenvalue weighted by Gasteiger charge is 2.28. The number of hydrogen-bond acceptors (Lipinski definition) is 5. The van der Waals surface area contributed by atoms with Crippen LogP contribution in [0.2, 0.25) is 5.02 Å². The van der Waals surface area contributed by atoms with E-state index in [0.717, 1.165) is 29.9 Å². The Bertz CT molecular complexity index is 1150. The Labute approximate surface area is 185 Å². The SMILES string of the molecule is Cc1cc(C)n(CC(=O)N2CCC[C@@H](c3ncc(Cc4ccccc4Cl)o3)C2)c(=O)n1. The first-order valence-corrected chi connectivity index (χ1v) is 10.8. The second-order valence-corrected chi connectivity index (χ2v) is 8.43. The van der Waals surface area contributed by atoms with E-state index in [4.69, 9.17) is 16.0 Å². The van der Waals surface area contributed by atoms with E-state index in [-0.39, 0.29) is 18.4 Å². The van der Waals surface area contributed by atoms with Gasteiger partial charge in [0, 0.05) is 35.9 Å². The van der Waals surface area contributed by atoms with Crippen LogP contribution >= 0.6 is 11.6 Å². The minimum Gasteiger partial charge on any atom is -0.445 e. The summed E-state index contributed by atoms with van der Waals surface area (Å²) in [5.41, 5.74) is 1.98. The molecule has 7 nitrogen and oxygen atoms in total. The monoisotopic (exact) mass is 440 g/mol. The van der Waals surface area contributed by atoms with Crippen LogP contribution in [0, 0.1) is 13.8 Å². The van der Waals surface area contributed by atoms with Gasteiger partial charge in [0.2, 0.25) is 5.91 Å². The smallest absolute Gasteiger partial charge is 0.348 e. The van der Waals surface area contributed by atoms with Crippen molar-refractivity contribution < 1.29 is 9.21 Å². The van der Waals surface area contributed by atoms with Crippen LogP contribution in [0.15, 0.2) is 45.7 Å². The van der Waals surface area contributed by atoms with Crippen molar-refractivity contribution >= 4 is 17.5 Å². The zero-order chi connectivity index (χ0) is 22.0. The van der Waals surface area contributed by atoms with E-state index in [2.05, 4.69) is 9.97 Å². The summed E-state index contributed by atoms with van der Waals surface area (Å²) in [6.45, 7) is 4.77. The second kappa shape index (κ2) is 9.06. The summed E-state index contributed by atoms with van der Waals surface area (Å²) in [5.74, 6) is 1.33. The van der Waals surface area contributed by atoms with Gasteiger partial charge in [0.25, 0.3) is 0 Å². The highest BCUT2D eigenvalue weighted by atomic mass is 35.5. The van der Waals surface area contributed by atoms with E-state index >= 15 is 0 Å². The largest absolute Gasteiger partial charge is 0.445 e. The van der Waals surface area contributed by atoms with Crippen LogP contribution in [-0.4, -0.2) is 38.4 Å². The molecule has 3 aromatic rings. The zero-order valence-corrected chi connectivity index (χ0v) is 18.4. The van der Waals surface area contributed by atoms with Crippen LogP contribution in [0.4, 0.5) is 0 Å². The molecule has 0 unspecified atom stereocenters. The molecular formula is C23H25ClN4O3. The van der Waals surface area contributed by atoms with Crippen molar-refractivity contribution in [3.63, 3.8) is 0 Å². The number of halogens is 1. The fraction of sp³-hybridized carbons (Fsp3) is 0.391. The molecule has 1 aliphatic rings. The molecule has 4 rings (SSSR count). The summed E-state index contributed by atoms with van der Waals surface area (Å²) in [6.07, 6.45) is 4.07. The van der Waals surface area contributed by atoms with Crippen molar-refractivity contribution in [2.24, 2.45) is 0 Å². The van der Waals surface area contributed by atoms with E-state index in [1.807, 2.05) is 31.2 Å². The number of hydrogen-bond donors (Lipinski definition) is 0. The molecule has 8 heteroatoms. The van der Waals surface area contributed by atoms with Crippen LogP contribution in [0.3, 0.4) is 0 Å². The first kappa shape index (κ1) is 21.3. The zero-order valence-electron chi connectivity index (χ0n) is 17.7. The van der Waals surface area contributed by atoms with Crippen LogP contribution < -0.4 is 5.69 Å². The average molecular weight is 441 g/mol. The maximum absolute atomic E-state index is 12.9. The van der Waals surface area contributed by atoms with Gasteiger partial charge in [-0.05, 0) is 44.4 Å². The van der Waals surface area contributed by atoms with Crippen LogP contribution in [-0.2, 0) is 17.8 Å². The van der Waals surface area contributed by atoms with Crippen molar-refractivity contribution in [3.8, 4) is 0 Å². The molecule has 1 fully saturated rings. The van der Waals surface area contributed by atoms with Gasteiger partial charge in [-0.1, -0.05) is 29.8 Å². The number of amides is 1. The molecule has 1 atom stereocenters. The molecule has 0 spiro atoms. The van der Waals surface area contributed by atoms with Crippen molar-refractivity contribution in [2.45, 2.75) is 45.6 Å². The van der Waals surface area contributed by atoms with Gasteiger partial charge >= 0.3 is 5.69 Å². The molecule has 0 bridgehead atoms. The average Bonchev–Trinajstić information content (AvgIpc) is 3.21. The van der Waals surface area contributed by atoms with Gasteiger partial charge in [-0.15, -0.1) is 0 Å². The Morgan fingerprint density at radius 1 is 1.29 bits per heavy atom. The Hall–Kier alpha value is -2.93. The van der Waals surface area contributed by atoms with Gasteiger partial charge in [-0.2, -0.15) is 4.98 Å². The van der Waals surface area contributed by atoms with Crippen LogP contribution in [0.5, 0.6) is 0 Å². The van der Waals surface area contributed by atoms with Crippen molar-refractivity contribution in [1.82, 2.24) is 19.4 Å². The fourth-order valence-electron chi connectivity index (χ4n) is 4.03. The van der Waals surface area contributed by atoms with E-state index in [1.165, 1.54) is 4.57 Å². The first-order chi connectivity index (χ1) is 14.9. The Balaban J connectivity index is 1.43. The molecular weight excluding hydrogens is 416 g/mol. The number of carbonyl (C=O) groups is 1. The Morgan fingerprint density at radius 2 is 2.10 bits per heavy atom. The van der Waals surface area contributed by atoms with E-state index in [1.54, 1.807) is 24.1 Å². The molecule has 3 heterocycles. The minimum absolute atomic E-state index is 0.00595. The minimum atomic E-state index is -0.392. The molecule has 1 aliphatic heterocycles. The molecule has 0 aliphatic carbocycles. The van der Waals surface area contributed by atoms with Gasteiger partial charge in [-0.25, -0.2) is 9.78 Å². The Morgan fingerprint density at radius 3 is 2.87 bits per heavy atom. The van der Waals surface area contributed by atoms with Gasteiger partial charge in [0.1, 0.15) is 12.3 Å². The lowest BCUT2D eigenvalue weighted by atomic mass is 9.98. The summed E-state index contributed by atoms with van der Waals surface area (Å²) in [7, 11) is 0. The van der Waals surface area contributed by atoms with Gasteiger partial charge in [-0.3, -0.25) is 9.36 Å². The van der Waals surface area contributed by atoms with Crippen molar-refractivity contribution in [3.05, 3.63) is 80.6 Å². The third-order valence-corrected chi connectivity index (χ3v) is 6.03. The van der Waals surface area contributed by atoms with E-state index in [9.17, 15) is 9.59 Å². The molecule has 162 valence electrons. The van der Waals surface area contributed by atoms with Crippen molar-refractivity contribution in [1.29, 1.82) is 0 Å². The lowest BCUT2D eigenvalue weighted by Gasteiger charge is -2.31. The number of rotatable bonds is 5. The highest BCUT2D eigenvalue weighted by Crippen LogP contribution is 2.28. The number of aryl methyl sites for hydroxylation is 2. The molecule has 31 heavy (non-hydrogen) atoms. The molecule has 0 saturated carbocycles. The predicted molar refractivity (Wildman–Crippen MR) is 117 cm³/mol. The lowest BCUT2D eigenvalue weighted by Crippen LogP contribution is -2.42. The molecule has 2 aromatic heterocycles. The maximum atomic E-state index is 12.9. The maximum Gasteiger partial charge on any atom is 0.348 e. The summed E-state index contributed by atoms with van der Waals surface area (Å²) in [6, 6.07) is 9.47. The number of piperidine rings is 1. The molecule has 0 radical (unpaired) electrons. The quantitative estimate of drug-likeness (QED) is 0.606. The number of benzene rings is 1. The normalized spacial score (nSPS) is 16.5. The van der Waals surface area contributed by atoms with Gasteiger partial charge in [0.15, 0.2) is 5.89 Å². The Kier molecular flexibility index (Phi) is 6.23. The first-order valence-electron chi connectivity index (χ1n) is 10.4. The number of aromatic nitrogens is 3. The third-order valence-electron chi connectivity index (χ3n) is 5.66. The molecule has 1 saturated heterocycles. The summed E-state index contributed by atoms with van der Waals surface area (Å²) in [5, 5.41) is 0.700. The highest BCUT2D eigenvalue weighted by molar-refractivity contribution is 6.31. The van der Waals surface area contributed by atoms with Crippen LogP contribution in [0.1, 0.15) is 47.4 Å². The van der Waals surface area contributed by atoms with E-state index in [0.29, 0.717) is 36.1 Å². The predicted octanol–water partition coefficient (Wildman–Crippen LogP) is 3.50. The molecule has 1 aromatic carbocycles. The summed E-state index contributed by atoms with van der Waals surface area (Å²) in [4.78, 5) is 35.3. The lowest BCUT2D eigenvalue weighted by molar-refractivity contribution is -0.133. The molecule has 1 amide bonds.